The zero-order chi connectivity index (χ0) is 32.0. The summed E-state index contributed by atoms with van der Waals surface area (Å²) in [5, 5.41) is 29.9. The predicted molar refractivity (Wildman–Crippen MR) is 178 cm³/mol. The molecule has 2 aliphatic rings. The van der Waals surface area contributed by atoms with Crippen molar-refractivity contribution in [3.05, 3.63) is 75.4 Å². The van der Waals surface area contributed by atoms with Crippen LogP contribution in [0.5, 0.6) is 0 Å². The van der Waals surface area contributed by atoms with E-state index in [4.69, 9.17) is 9.97 Å². The molecule has 0 fully saturated rings. The summed E-state index contributed by atoms with van der Waals surface area (Å²) in [6.07, 6.45) is 2.03. The first kappa shape index (κ1) is 33.8. The zero-order valence-electron chi connectivity index (χ0n) is 26.2. The van der Waals surface area contributed by atoms with Crippen LogP contribution in [0, 0.1) is 13.8 Å². The Kier molecular flexibility index (Phi) is 9.86. The summed E-state index contributed by atoms with van der Waals surface area (Å²) in [4.78, 5) is 53.2. The number of fused-ring (bicyclic) bond motifs is 8. The third-order valence-corrected chi connectivity index (χ3v) is 8.94. The Morgan fingerprint density at radius 2 is 1.58 bits per heavy atom. The molecular formula is C34H38N4O6Pb. The summed E-state index contributed by atoms with van der Waals surface area (Å²) in [5.74, 6) is -4.13. The van der Waals surface area contributed by atoms with Gasteiger partial charge in [-0.1, -0.05) is 26.5 Å². The number of hydrogen-bond donors (Lipinski definition) is 5. The number of carbonyl (C=O) groups is 3. The average molecular weight is 806 g/mol. The fraction of sp³-hybridized carbons (Fsp3) is 0.324. The van der Waals surface area contributed by atoms with E-state index >= 15 is 0 Å². The molecule has 45 heavy (non-hydrogen) atoms. The van der Waals surface area contributed by atoms with Gasteiger partial charge in [0, 0.05) is 57.1 Å². The zero-order valence-corrected chi connectivity index (χ0v) is 31.7. The van der Waals surface area contributed by atoms with Gasteiger partial charge in [0.15, 0.2) is 0 Å². The van der Waals surface area contributed by atoms with Crippen LogP contribution in [0.2, 0.25) is 0 Å². The number of rotatable bonds is 8. The van der Waals surface area contributed by atoms with Crippen molar-refractivity contribution >= 4 is 84.5 Å². The number of aromatic nitrogens is 4. The SMILES string of the molecule is C=Cc1c(C)c2cc3nc(c(CC(=O)O)c4nc(cc5[nH]c(cc1[nH]2)c(C)c5CC)C(C)=C4C(=O)O)[C@@H](CCC(=O)O)[C@@H]3C.[PbH2]. The van der Waals surface area contributed by atoms with Crippen molar-refractivity contribution in [1.29, 1.82) is 0 Å². The van der Waals surface area contributed by atoms with E-state index in [1.807, 2.05) is 45.9 Å². The molecule has 8 bridgehead atoms. The van der Waals surface area contributed by atoms with Crippen LogP contribution in [0.3, 0.4) is 0 Å². The Labute approximate surface area is 280 Å². The van der Waals surface area contributed by atoms with Gasteiger partial charge in [0.1, 0.15) is 0 Å². The molecule has 3 aromatic heterocycles. The van der Waals surface area contributed by atoms with E-state index < -0.39 is 30.2 Å². The number of carboxylic acid groups (broad SMARTS) is 3. The third kappa shape index (κ3) is 6.12. The van der Waals surface area contributed by atoms with E-state index in [1.165, 1.54) is 0 Å². The molecule has 2 atom stereocenters. The number of nitrogens with one attached hydrogen (secondary N) is 2. The van der Waals surface area contributed by atoms with Crippen LogP contribution < -0.4 is 0 Å². The number of aryl methyl sites for hydroxylation is 3. The molecule has 234 valence electrons. The third-order valence-electron chi connectivity index (χ3n) is 8.94. The standard InChI is InChI=1S/C34H36N4O6.Pb.2H/c1-7-19-15(3)23-12-25-17(5)21(9-10-29(39)40)32(37-25)22(11-30(41)42)33-31(34(43)44)18(6)26(38-33)14-28-20(8-2)16(4)24(36-28)13-27(19)35-23;;;/h7,12-14,17,21,35-36H,1,8-11H2,2-6H3,(H,39,40)(H,41,42)(H,43,44);;;/t17-,21-;;;/m0.../s1. The van der Waals surface area contributed by atoms with Gasteiger partial charge < -0.3 is 25.3 Å². The van der Waals surface area contributed by atoms with Gasteiger partial charge in [0.2, 0.25) is 0 Å². The van der Waals surface area contributed by atoms with Gasteiger partial charge in [-0.05, 0) is 74.1 Å². The maximum atomic E-state index is 12.7. The Hall–Kier alpha value is -4.07. The van der Waals surface area contributed by atoms with Crippen molar-refractivity contribution in [2.24, 2.45) is 0 Å². The molecule has 2 aliphatic heterocycles. The van der Waals surface area contributed by atoms with Crippen LogP contribution in [0.25, 0.3) is 39.3 Å². The van der Waals surface area contributed by atoms with Crippen molar-refractivity contribution in [2.75, 3.05) is 0 Å². The fourth-order valence-corrected chi connectivity index (χ4v) is 6.53. The number of aliphatic carboxylic acids is 3. The van der Waals surface area contributed by atoms with Crippen LogP contribution in [0.4, 0.5) is 0 Å². The molecular weight excluding hydrogens is 768 g/mol. The van der Waals surface area contributed by atoms with Crippen LogP contribution in [-0.2, 0) is 27.2 Å². The summed E-state index contributed by atoms with van der Waals surface area (Å²) < 4.78 is 0. The number of nitrogens with zero attached hydrogens (tertiary/aromatic N) is 2. The van der Waals surface area contributed by atoms with Crippen molar-refractivity contribution in [1.82, 2.24) is 19.9 Å². The Balaban J connectivity index is 0.00000461. The molecule has 5 heterocycles. The summed E-state index contributed by atoms with van der Waals surface area (Å²) >= 11 is 0. The van der Waals surface area contributed by atoms with Crippen molar-refractivity contribution in [3.63, 3.8) is 0 Å². The molecule has 2 radical (unpaired) electrons. The second-order valence-corrected chi connectivity index (χ2v) is 11.5. The first-order valence-electron chi connectivity index (χ1n) is 14.6. The van der Waals surface area contributed by atoms with E-state index in [9.17, 15) is 29.7 Å². The summed E-state index contributed by atoms with van der Waals surface area (Å²) in [6.45, 7) is 13.7. The molecule has 0 unspecified atom stereocenters. The monoisotopic (exact) mass is 806 g/mol. The molecule has 0 aromatic carbocycles. The second-order valence-electron chi connectivity index (χ2n) is 11.5. The van der Waals surface area contributed by atoms with Gasteiger partial charge in [-0.2, -0.15) is 0 Å². The van der Waals surface area contributed by atoms with Crippen LogP contribution in [0.1, 0.15) is 96.0 Å². The molecule has 0 saturated carbocycles. The van der Waals surface area contributed by atoms with Gasteiger partial charge >= 0.3 is 45.2 Å². The minimum absolute atomic E-state index is 0. The van der Waals surface area contributed by atoms with Crippen LogP contribution in [0.15, 0.2) is 24.8 Å². The first-order chi connectivity index (χ1) is 20.9. The van der Waals surface area contributed by atoms with Gasteiger partial charge in [0.25, 0.3) is 0 Å². The van der Waals surface area contributed by atoms with E-state index in [0.717, 1.165) is 44.3 Å². The number of hydrogen-bond acceptors (Lipinski definition) is 5. The van der Waals surface area contributed by atoms with Gasteiger partial charge in [-0.15, -0.1) is 0 Å². The normalized spacial score (nSPS) is 15.9. The average Bonchev–Trinajstić information content (AvgIpc) is 3.63. The quantitative estimate of drug-likeness (QED) is 0.183. The molecule has 0 saturated heterocycles. The van der Waals surface area contributed by atoms with Crippen molar-refractivity contribution < 1.29 is 29.7 Å². The molecule has 5 N–H and O–H groups in total. The van der Waals surface area contributed by atoms with Gasteiger partial charge in [0.05, 0.1) is 29.1 Å². The topological polar surface area (TPSA) is 169 Å². The predicted octanol–water partition coefficient (Wildman–Crippen LogP) is 5.62. The van der Waals surface area contributed by atoms with E-state index in [2.05, 4.69) is 16.5 Å². The Morgan fingerprint density at radius 3 is 2.18 bits per heavy atom. The number of H-pyrrole nitrogens is 2. The molecule has 0 amide bonds. The first-order valence-corrected chi connectivity index (χ1v) is 14.6. The van der Waals surface area contributed by atoms with Crippen LogP contribution in [-0.4, -0.2) is 80.5 Å². The van der Waals surface area contributed by atoms with E-state index in [1.54, 1.807) is 13.0 Å². The van der Waals surface area contributed by atoms with E-state index in [-0.39, 0.29) is 62.9 Å². The minimum atomic E-state index is -1.23. The number of carboxylic acids is 3. The van der Waals surface area contributed by atoms with Crippen molar-refractivity contribution in [2.45, 2.75) is 72.1 Å². The van der Waals surface area contributed by atoms with Gasteiger partial charge in [-0.25, -0.2) is 9.78 Å². The Morgan fingerprint density at radius 1 is 0.911 bits per heavy atom. The fourth-order valence-electron chi connectivity index (χ4n) is 6.53. The van der Waals surface area contributed by atoms with E-state index in [0.29, 0.717) is 29.1 Å². The Bertz CT molecular complexity index is 1950. The summed E-state index contributed by atoms with van der Waals surface area (Å²) in [6, 6.07) is 5.75. The van der Waals surface area contributed by atoms with Gasteiger partial charge in [-0.3, -0.25) is 14.6 Å². The second kappa shape index (κ2) is 13.1. The molecule has 10 nitrogen and oxygen atoms in total. The van der Waals surface area contributed by atoms with Crippen molar-refractivity contribution in [3.8, 4) is 0 Å². The number of allylic oxidation sites excluding steroid dienone is 1. The maximum absolute atomic E-state index is 12.7. The summed E-state index contributed by atoms with van der Waals surface area (Å²) in [7, 11) is 0. The molecule has 0 spiro atoms. The summed E-state index contributed by atoms with van der Waals surface area (Å²) in [5.41, 5.74) is 9.23. The van der Waals surface area contributed by atoms with Crippen LogP contribution >= 0.6 is 0 Å². The molecule has 0 aliphatic carbocycles. The molecule has 3 aromatic rings. The molecule has 11 heteroatoms. The number of aromatic amines is 2. The molecule has 5 rings (SSSR count).